The molecule has 2 heterocycles. The summed E-state index contributed by atoms with van der Waals surface area (Å²) in [4.78, 5) is 28.7. The number of fused-ring (bicyclic) bond motifs is 1. The van der Waals surface area contributed by atoms with E-state index >= 15 is 0 Å². The molecule has 8 heteroatoms. The maximum Gasteiger partial charge on any atom is 0.345 e. The van der Waals surface area contributed by atoms with Crippen LogP contribution in [0, 0.1) is 0 Å². The maximum absolute atomic E-state index is 12.2. The van der Waals surface area contributed by atoms with E-state index in [0.717, 1.165) is 9.86 Å². The molecule has 0 saturated carbocycles. The van der Waals surface area contributed by atoms with Gasteiger partial charge in [-0.25, -0.2) is 14.6 Å². The predicted molar refractivity (Wildman–Crippen MR) is 110 cm³/mol. The van der Waals surface area contributed by atoms with Crippen LogP contribution < -0.4 is 16.3 Å². The average Bonchev–Trinajstić information content (AvgIpc) is 3.11. The maximum atomic E-state index is 12.2. The van der Waals surface area contributed by atoms with Crippen LogP contribution in [0.4, 0.5) is 15.6 Å². The summed E-state index contributed by atoms with van der Waals surface area (Å²) in [5.41, 5.74) is 1.52. The van der Waals surface area contributed by atoms with Crippen molar-refractivity contribution < 1.29 is 9.21 Å². The van der Waals surface area contributed by atoms with E-state index in [9.17, 15) is 9.59 Å². The highest BCUT2D eigenvalue weighted by molar-refractivity contribution is 9.10. The number of para-hydroxylation sites is 1. The molecule has 0 radical (unpaired) electrons. The van der Waals surface area contributed by atoms with Crippen molar-refractivity contribution in [3.63, 3.8) is 0 Å². The highest BCUT2D eigenvalue weighted by atomic mass is 79.9. The van der Waals surface area contributed by atoms with Gasteiger partial charge in [-0.1, -0.05) is 34.1 Å². The van der Waals surface area contributed by atoms with E-state index in [4.69, 9.17) is 4.42 Å². The van der Waals surface area contributed by atoms with E-state index in [2.05, 4.69) is 31.5 Å². The summed E-state index contributed by atoms with van der Waals surface area (Å²) in [5, 5.41) is 8.28. The molecule has 134 valence electrons. The second kappa shape index (κ2) is 7.34. The number of urea groups is 1. The Morgan fingerprint density at radius 3 is 2.67 bits per heavy atom. The van der Waals surface area contributed by atoms with Crippen molar-refractivity contribution in [1.29, 1.82) is 0 Å². The van der Waals surface area contributed by atoms with Gasteiger partial charge in [0.05, 0.1) is 11.3 Å². The van der Waals surface area contributed by atoms with Crippen LogP contribution in [0.5, 0.6) is 0 Å². The Balaban J connectivity index is 1.53. The third-order valence-corrected chi connectivity index (χ3v) is 5.03. The van der Waals surface area contributed by atoms with Gasteiger partial charge >= 0.3 is 11.7 Å². The zero-order chi connectivity index (χ0) is 18.8. The Morgan fingerprint density at radius 2 is 1.85 bits per heavy atom. The fourth-order valence-electron chi connectivity index (χ4n) is 2.49. The second-order valence-electron chi connectivity index (χ2n) is 5.61. The Kier molecular flexibility index (Phi) is 4.74. The standard InChI is InChI=1S/C19H12BrN3O3S/c20-12-5-7-13(8-6-12)21-18(25)23-19-22-15(10-27-19)14-9-11-3-1-2-4-16(11)26-17(14)24/h1-10H,(H2,21,22,23,25). The van der Waals surface area contributed by atoms with E-state index in [1.807, 2.05) is 24.3 Å². The number of nitrogens with zero attached hydrogens (tertiary/aromatic N) is 1. The van der Waals surface area contributed by atoms with Crippen LogP contribution in [0.25, 0.3) is 22.2 Å². The molecule has 2 N–H and O–H groups in total. The highest BCUT2D eigenvalue weighted by Gasteiger charge is 2.13. The van der Waals surface area contributed by atoms with Crippen LogP contribution in [0.15, 0.2) is 73.7 Å². The van der Waals surface area contributed by atoms with E-state index < -0.39 is 11.7 Å². The zero-order valence-electron chi connectivity index (χ0n) is 13.7. The molecule has 4 aromatic rings. The number of carbonyl (C=O) groups excluding carboxylic acids is 1. The number of rotatable bonds is 3. The molecule has 2 aromatic carbocycles. The molecule has 27 heavy (non-hydrogen) atoms. The molecule has 0 fully saturated rings. The van der Waals surface area contributed by atoms with Gasteiger partial charge in [0, 0.05) is 20.9 Å². The van der Waals surface area contributed by atoms with Crippen molar-refractivity contribution >= 4 is 55.1 Å². The van der Waals surface area contributed by atoms with E-state index in [0.29, 0.717) is 27.7 Å². The molecule has 0 aliphatic carbocycles. The molecule has 0 bridgehead atoms. The number of hydrogen-bond donors (Lipinski definition) is 2. The van der Waals surface area contributed by atoms with Crippen molar-refractivity contribution in [2.75, 3.05) is 10.6 Å². The highest BCUT2D eigenvalue weighted by Crippen LogP contribution is 2.25. The van der Waals surface area contributed by atoms with E-state index in [-0.39, 0.29) is 0 Å². The molecule has 6 nitrogen and oxygen atoms in total. The Hall–Kier alpha value is -2.97. The van der Waals surface area contributed by atoms with Crippen molar-refractivity contribution in [1.82, 2.24) is 4.98 Å². The number of anilines is 2. The molecule has 0 saturated heterocycles. The Labute approximate surface area is 166 Å². The number of hydrogen-bond acceptors (Lipinski definition) is 5. The second-order valence-corrected chi connectivity index (χ2v) is 7.38. The topological polar surface area (TPSA) is 84.2 Å². The first kappa shape index (κ1) is 17.4. The first-order valence-electron chi connectivity index (χ1n) is 7.91. The fraction of sp³-hybridized carbons (Fsp3) is 0. The molecule has 0 aliphatic heterocycles. The third kappa shape index (κ3) is 3.91. The van der Waals surface area contributed by atoms with Gasteiger partial charge in [-0.05, 0) is 36.4 Å². The van der Waals surface area contributed by atoms with Crippen molar-refractivity contribution in [3.05, 3.63) is 74.9 Å². The number of aromatic nitrogens is 1. The lowest BCUT2D eigenvalue weighted by Crippen LogP contribution is -2.19. The number of amides is 2. The molecular formula is C19H12BrN3O3S. The summed E-state index contributed by atoms with van der Waals surface area (Å²) in [6, 6.07) is 15.8. The summed E-state index contributed by atoms with van der Waals surface area (Å²) in [6.07, 6.45) is 0. The quantitative estimate of drug-likeness (QED) is 0.421. The number of benzene rings is 2. The summed E-state index contributed by atoms with van der Waals surface area (Å²) in [5.74, 6) is 0. The van der Waals surface area contributed by atoms with Crippen molar-refractivity contribution in [2.45, 2.75) is 0 Å². The minimum atomic E-state index is -0.468. The predicted octanol–water partition coefficient (Wildman–Crippen LogP) is 5.32. The van der Waals surface area contributed by atoms with Gasteiger partial charge in [-0.2, -0.15) is 0 Å². The first-order valence-corrected chi connectivity index (χ1v) is 9.58. The number of thiazole rings is 1. The van der Waals surface area contributed by atoms with Gasteiger partial charge in [-0.15, -0.1) is 11.3 Å². The van der Waals surface area contributed by atoms with Gasteiger partial charge in [0.25, 0.3) is 0 Å². The Morgan fingerprint density at radius 1 is 1.07 bits per heavy atom. The fourth-order valence-corrected chi connectivity index (χ4v) is 3.46. The van der Waals surface area contributed by atoms with Crippen LogP contribution >= 0.6 is 27.3 Å². The summed E-state index contributed by atoms with van der Waals surface area (Å²) in [7, 11) is 0. The molecule has 2 aromatic heterocycles. The minimum Gasteiger partial charge on any atom is -0.422 e. The smallest absolute Gasteiger partial charge is 0.345 e. The summed E-state index contributed by atoms with van der Waals surface area (Å²) < 4.78 is 6.26. The van der Waals surface area contributed by atoms with Gasteiger partial charge in [0.2, 0.25) is 0 Å². The van der Waals surface area contributed by atoms with E-state index in [1.165, 1.54) is 11.3 Å². The molecule has 2 amide bonds. The molecule has 4 rings (SSSR count). The lowest BCUT2D eigenvalue weighted by Gasteiger charge is -2.05. The number of carbonyl (C=O) groups is 1. The average molecular weight is 442 g/mol. The van der Waals surface area contributed by atoms with Crippen LogP contribution in [0.3, 0.4) is 0 Å². The van der Waals surface area contributed by atoms with Gasteiger partial charge in [0.1, 0.15) is 5.58 Å². The Bertz CT molecular complexity index is 1180. The molecule has 0 unspecified atom stereocenters. The zero-order valence-corrected chi connectivity index (χ0v) is 16.1. The molecular weight excluding hydrogens is 430 g/mol. The third-order valence-electron chi connectivity index (χ3n) is 3.74. The SMILES string of the molecule is O=C(Nc1ccc(Br)cc1)Nc1nc(-c2cc3ccccc3oc2=O)cs1. The van der Waals surface area contributed by atoms with Crippen molar-refractivity contribution in [3.8, 4) is 11.3 Å². The molecule has 0 aliphatic rings. The molecule has 0 spiro atoms. The lowest BCUT2D eigenvalue weighted by atomic mass is 10.1. The largest absolute Gasteiger partial charge is 0.422 e. The van der Waals surface area contributed by atoms with E-state index in [1.54, 1.807) is 35.7 Å². The summed E-state index contributed by atoms with van der Waals surface area (Å²) in [6.45, 7) is 0. The monoisotopic (exact) mass is 441 g/mol. The van der Waals surface area contributed by atoms with Crippen LogP contribution in [0.2, 0.25) is 0 Å². The minimum absolute atomic E-state index is 0.353. The van der Waals surface area contributed by atoms with Crippen LogP contribution in [-0.4, -0.2) is 11.0 Å². The van der Waals surface area contributed by atoms with Crippen LogP contribution in [-0.2, 0) is 0 Å². The van der Waals surface area contributed by atoms with Gasteiger partial charge in [-0.3, -0.25) is 5.32 Å². The first-order chi connectivity index (χ1) is 13.1. The van der Waals surface area contributed by atoms with Gasteiger partial charge < -0.3 is 9.73 Å². The normalized spacial score (nSPS) is 10.7. The lowest BCUT2D eigenvalue weighted by molar-refractivity contribution is 0.262. The number of halogens is 1. The van der Waals surface area contributed by atoms with Gasteiger partial charge in [0.15, 0.2) is 5.13 Å². The number of nitrogens with one attached hydrogen (secondary N) is 2. The van der Waals surface area contributed by atoms with Crippen LogP contribution in [0.1, 0.15) is 0 Å². The van der Waals surface area contributed by atoms with Crippen molar-refractivity contribution in [2.24, 2.45) is 0 Å². The molecule has 0 atom stereocenters. The summed E-state index contributed by atoms with van der Waals surface area (Å²) >= 11 is 4.57.